The van der Waals surface area contributed by atoms with E-state index in [1.165, 1.54) is 5.56 Å². The smallest absolute Gasteiger partial charge is 0.317 e. The lowest BCUT2D eigenvalue weighted by Crippen LogP contribution is -2.42. The third-order valence-electron chi connectivity index (χ3n) is 4.95. The Balaban J connectivity index is 1.59. The molecule has 2 N–H and O–H groups in total. The SMILES string of the molecule is Cc1noc(CCCNC(=O)N2CCCCCC2c2c(C)n[nH]c2C)n1. The molecule has 0 saturated carbocycles. The Morgan fingerprint density at radius 3 is 2.85 bits per heavy atom. The molecule has 8 nitrogen and oxygen atoms in total. The van der Waals surface area contributed by atoms with Gasteiger partial charge in [0.25, 0.3) is 0 Å². The molecule has 0 bridgehead atoms. The molecule has 26 heavy (non-hydrogen) atoms. The summed E-state index contributed by atoms with van der Waals surface area (Å²) in [6, 6.07) is 0.0912. The number of amides is 2. The van der Waals surface area contributed by atoms with E-state index < -0.39 is 0 Å². The number of aromatic amines is 1. The minimum Gasteiger partial charge on any atom is -0.339 e. The van der Waals surface area contributed by atoms with Gasteiger partial charge in [0.15, 0.2) is 5.82 Å². The van der Waals surface area contributed by atoms with Crippen LogP contribution in [0.3, 0.4) is 0 Å². The van der Waals surface area contributed by atoms with Crippen molar-refractivity contribution in [2.45, 2.75) is 65.3 Å². The van der Waals surface area contributed by atoms with E-state index in [0.29, 0.717) is 24.7 Å². The van der Waals surface area contributed by atoms with Gasteiger partial charge in [0.2, 0.25) is 5.89 Å². The minimum absolute atomic E-state index is 0.00129. The molecule has 142 valence electrons. The number of rotatable bonds is 5. The molecule has 0 aliphatic carbocycles. The van der Waals surface area contributed by atoms with Gasteiger partial charge in [-0.05, 0) is 40.0 Å². The molecule has 1 saturated heterocycles. The summed E-state index contributed by atoms with van der Waals surface area (Å²) >= 11 is 0. The van der Waals surface area contributed by atoms with Crippen LogP contribution in [0.25, 0.3) is 0 Å². The number of carbonyl (C=O) groups excluding carboxylic acids is 1. The summed E-state index contributed by atoms with van der Waals surface area (Å²) in [6.45, 7) is 7.21. The first-order valence-corrected chi connectivity index (χ1v) is 9.41. The molecule has 1 atom stereocenters. The van der Waals surface area contributed by atoms with E-state index in [2.05, 4.69) is 25.7 Å². The van der Waals surface area contributed by atoms with Crippen molar-refractivity contribution in [1.29, 1.82) is 0 Å². The maximum atomic E-state index is 12.8. The van der Waals surface area contributed by atoms with E-state index in [9.17, 15) is 4.79 Å². The summed E-state index contributed by atoms with van der Waals surface area (Å²) in [5.74, 6) is 1.26. The quantitative estimate of drug-likeness (QED) is 0.799. The van der Waals surface area contributed by atoms with Crippen LogP contribution in [-0.2, 0) is 6.42 Å². The first kappa shape index (κ1) is 18.4. The monoisotopic (exact) mass is 360 g/mol. The van der Waals surface area contributed by atoms with Gasteiger partial charge in [-0.25, -0.2) is 4.79 Å². The Morgan fingerprint density at radius 2 is 2.15 bits per heavy atom. The minimum atomic E-state index is -0.00129. The van der Waals surface area contributed by atoms with Crippen LogP contribution in [-0.4, -0.2) is 44.4 Å². The van der Waals surface area contributed by atoms with Crippen molar-refractivity contribution in [3.63, 3.8) is 0 Å². The molecule has 0 aromatic carbocycles. The first-order valence-electron chi connectivity index (χ1n) is 9.41. The van der Waals surface area contributed by atoms with Crippen LogP contribution in [0.4, 0.5) is 4.79 Å². The number of nitrogens with one attached hydrogen (secondary N) is 2. The molecule has 3 heterocycles. The van der Waals surface area contributed by atoms with Gasteiger partial charge in [-0.15, -0.1) is 0 Å². The van der Waals surface area contributed by atoms with Crippen molar-refractivity contribution in [1.82, 2.24) is 30.6 Å². The standard InChI is InChI=1S/C18H28N6O2/c1-12-17(13(2)22-21-12)15-8-5-4-6-11-24(15)18(25)19-10-7-9-16-20-14(3)23-26-16/h15H,4-11H2,1-3H3,(H,19,25)(H,21,22). The summed E-state index contributed by atoms with van der Waals surface area (Å²) in [7, 11) is 0. The third kappa shape index (κ3) is 4.23. The van der Waals surface area contributed by atoms with E-state index in [4.69, 9.17) is 4.52 Å². The van der Waals surface area contributed by atoms with E-state index in [0.717, 1.165) is 50.0 Å². The average molecular weight is 360 g/mol. The maximum absolute atomic E-state index is 12.8. The predicted octanol–water partition coefficient (Wildman–Crippen LogP) is 2.98. The average Bonchev–Trinajstić information content (AvgIpc) is 3.08. The number of carbonyl (C=O) groups is 1. The van der Waals surface area contributed by atoms with E-state index >= 15 is 0 Å². The molecule has 1 aliphatic heterocycles. The number of hydrogen-bond acceptors (Lipinski definition) is 5. The number of hydrogen-bond donors (Lipinski definition) is 2. The lowest BCUT2D eigenvalue weighted by atomic mass is 9.99. The summed E-state index contributed by atoms with van der Waals surface area (Å²) in [5.41, 5.74) is 3.21. The van der Waals surface area contributed by atoms with Crippen molar-refractivity contribution < 1.29 is 9.32 Å². The van der Waals surface area contributed by atoms with Crippen molar-refractivity contribution in [3.05, 3.63) is 28.7 Å². The van der Waals surface area contributed by atoms with Gasteiger partial charge in [-0.1, -0.05) is 18.0 Å². The van der Waals surface area contributed by atoms with Gasteiger partial charge in [-0.3, -0.25) is 5.10 Å². The normalized spacial score (nSPS) is 18.0. The van der Waals surface area contributed by atoms with Crippen LogP contribution in [0.1, 0.15) is 66.8 Å². The molecule has 1 fully saturated rings. The highest BCUT2D eigenvalue weighted by atomic mass is 16.5. The van der Waals surface area contributed by atoms with Crippen molar-refractivity contribution >= 4 is 6.03 Å². The number of urea groups is 1. The van der Waals surface area contributed by atoms with Gasteiger partial charge in [-0.2, -0.15) is 10.1 Å². The Kier molecular flexibility index (Phi) is 5.90. The Bertz CT molecular complexity index is 718. The second kappa shape index (κ2) is 8.33. The van der Waals surface area contributed by atoms with E-state index in [-0.39, 0.29) is 12.1 Å². The highest BCUT2D eigenvalue weighted by Crippen LogP contribution is 2.33. The molecular weight excluding hydrogens is 332 g/mol. The summed E-state index contributed by atoms with van der Waals surface area (Å²) in [5, 5.41) is 14.2. The molecule has 2 aromatic rings. The number of aryl methyl sites for hydroxylation is 4. The van der Waals surface area contributed by atoms with Crippen LogP contribution < -0.4 is 5.32 Å². The van der Waals surface area contributed by atoms with E-state index in [1.54, 1.807) is 6.92 Å². The molecule has 0 radical (unpaired) electrons. The van der Waals surface area contributed by atoms with Crippen LogP contribution >= 0.6 is 0 Å². The van der Waals surface area contributed by atoms with Crippen LogP contribution in [0.5, 0.6) is 0 Å². The molecule has 3 rings (SSSR count). The predicted molar refractivity (Wildman–Crippen MR) is 96.7 cm³/mol. The van der Waals surface area contributed by atoms with Gasteiger partial charge in [0.05, 0.1) is 11.7 Å². The second-order valence-electron chi connectivity index (χ2n) is 6.98. The molecular formula is C18H28N6O2. The number of H-pyrrole nitrogens is 1. The lowest BCUT2D eigenvalue weighted by Gasteiger charge is -2.30. The first-order chi connectivity index (χ1) is 12.6. The second-order valence-corrected chi connectivity index (χ2v) is 6.98. The van der Waals surface area contributed by atoms with Crippen molar-refractivity contribution in [2.75, 3.05) is 13.1 Å². The van der Waals surface area contributed by atoms with Crippen molar-refractivity contribution in [3.8, 4) is 0 Å². The number of likely N-dealkylation sites (tertiary alicyclic amines) is 1. The Morgan fingerprint density at radius 1 is 1.31 bits per heavy atom. The van der Waals surface area contributed by atoms with Gasteiger partial charge in [0.1, 0.15) is 0 Å². The maximum Gasteiger partial charge on any atom is 0.317 e. The van der Waals surface area contributed by atoms with Crippen molar-refractivity contribution in [2.24, 2.45) is 0 Å². The van der Waals surface area contributed by atoms with Gasteiger partial charge in [0, 0.05) is 30.8 Å². The topological polar surface area (TPSA) is 99.9 Å². The summed E-state index contributed by atoms with van der Waals surface area (Å²) in [4.78, 5) is 19.0. The fourth-order valence-corrected chi connectivity index (χ4v) is 3.68. The van der Waals surface area contributed by atoms with Gasteiger partial charge >= 0.3 is 6.03 Å². The fourth-order valence-electron chi connectivity index (χ4n) is 3.68. The van der Waals surface area contributed by atoms with Crippen LogP contribution in [0.15, 0.2) is 4.52 Å². The van der Waals surface area contributed by atoms with E-state index in [1.807, 2.05) is 18.7 Å². The Labute approximate surface area is 153 Å². The number of nitrogens with zero attached hydrogens (tertiary/aromatic N) is 4. The molecule has 1 unspecified atom stereocenters. The molecule has 0 spiro atoms. The van der Waals surface area contributed by atoms with Crippen LogP contribution in [0, 0.1) is 20.8 Å². The Hall–Kier alpha value is -2.38. The summed E-state index contributed by atoms with van der Waals surface area (Å²) < 4.78 is 5.10. The highest BCUT2D eigenvalue weighted by molar-refractivity contribution is 5.74. The van der Waals surface area contributed by atoms with Gasteiger partial charge < -0.3 is 14.7 Å². The zero-order valence-electron chi connectivity index (χ0n) is 15.8. The molecule has 8 heteroatoms. The molecule has 1 aliphatic rings. The summed E-state index contributed by atoms with van der Waals surface area (Å²) in [6.07, 6.45) is 5.76. The fraction of sp³-hybridized carbons (Fsp3) is 0.667. The molecule has 2 aromatic heterocycles. The zero-order valence-corrected chi connectivity index (χ0v) is 15.8. The van der Waals surface area contributed by atoms with Crippen LogP contribution in [0.2, 0.25) is 0 Å². The highest BCUT2D eigenvalue weighted by Gasteiger charge is 2.29. The third-order valence-corrected chi connectivity index (χ3v) is 4.95. The number of aromatic nitrogens is 4. The largest absolute Gasteiger partial charge is 0.339 e. The lowest BCUT2D eigenvalue weighted by molar-refractivity contribution is 0.175. The zero-order chi connectivity index (χ0) is 18.5. The molecule has 2 amide bonds.